The standard InChI is InChI=1S/C20H25F2N3O/c21-15-5-6-20(19(22)11-15)25-9-2-4-18(25)14-24-13-16-3-1-8-23(16)12-17(24)7-10-26/h2,4-6,9,11,16-17,26H,1,3,7-8,10,12-14H2/t16?,17-/m0/s1. The number of fused-ring (bicyclic) bond motifs is 1. The highest BCUT2D eigenvalue weighted by molar-refractivity contribution is 5.37. The number of rotatable bonds is 5. The third-order valence-electron chi connectivity index (χ3n) is 5.74. The van der Waals surface area contributed by atoms with Crippen LogP contribution in [0.1, 0.15) is 25.0 Å². The molecule has 4 rings (SSSR count). The number of halogens is 2. The minimum atomic E-state index is -0.569. The predicted octanol–water partition coefficient (Wildman–Crippen LogP) is 2.79. The van der Waals surface area contributed by atoms with E-state index < -0.39 is 11.6 Å². The first kappa shape index (κ1) is 17.6. The summed E-state index contributed by atoms with van der Waals surface area (Å²) in [6.07, 6.45) is 5.02. The maximum Gasteiger partial charge on any atom is 0.150 e. The van der Waals surface area contributed by atoms with Crippen LogP contribution in [0.2, 0.25) is 0 Å². The lowest BCUT2D eigenvalue weighted by molar-refractivity contribution is 0.0323. The molecule has 1 aromatic heterocycles. The van der Waals surface area contributed by atoms with Crippen LogP contribution in [0.4, 0.5) is 8.78 Å². The molecular formula is C20H25F2N3O. The quantitative estimate of drug-likeness (QED) is 0.889. The van der Waals surface area contributed by atoms with Crippen LogP contribution in [0.25, 0.3) is 5.69 Å². The number of benzene rings is 1. The van der Waals surface area contributed by atoms with E-state index in [1.165, 1.54) is 25.0 Å². The Hall–Kier alpha value is -1.76. The summed E-state index contributed by atoms with van der Waals surface area (Å²) in [7, 11) is 0. The molecule has 26 heavy (non-hydrogen) atoms. The fourth-order valence-corrected chi connectivity index (χ4v) is 4.43. The van der Waals surface area contributed by atoms with Crippen molar-refractivity contribution in [3.63, 3.8) is 0 Å². The van der Waals surface area contributed by atoms with E-state index in [1.54, 1.807) is 4.57 Å². The highest BCUT2D eigenvalue weighted by Gasteiger charge is 2.36. The van der Waals surface area contributed by atoms with E-state index in [0.29, 0.717) is 24.3 Å². The second-order valence-corrected chi connectivity index (χ2v) is 7.35. The van der Waals surface area contributed by atoms with Crippen molar-refractivity contribution in [2.75, 3.05) is 26.2 Å². The van der Waals surface area contributed by atoms with Gasteiger partial charge in [-0.05, 0) is 50.1 Å². The van der Waals surface area contributed by atoms with Gasteiger partial charge in [-0.25, -0.2) is 8.78 Å². The van der Waals surface area contributed by atoms with E-state index in [0.717, 1.165) is 37.8 Å². The van der Waals surface area contributed by atoms with Crippen LogP contribution in [0.3, 0.4) is 0 Å². The zero-order chi connectivity index (χ0) is 18.1. The lowest BCUT2D eigenvalue weighted by Gasteiger charge is -2.43. The third kappa shape index (κ3) is 3.41. The molecule has 1 N–H and O–H groups in total. The van der Waals surface area contributed by atoms with Gasteiger partial charge in [0.05, 0.1) is 5.69 Å². The van der Waals surface area contributed by atoms with Crippen molar-refractivity contribution in [2.24, 2.45) is 0 Å². The van der Waals surface area contributed by atoms with E-state index in [1.807, 2.05) is 18.3 Å². The van der Waals surface area contributed by atoms with Gasteiger partial charge in [-0.3, -0.25) is 9.80 Å². The molecule has 2 aliphatic rings. The molecule has 2 saturated heterocycles. The number of hydrogen-bond acceptors (Lipinski definition) is 3. The molecule has 0 amide bonds. The lowest BCUT2D eigenvalue weighted by Crippen LogP contribution is -2.55. The minimum Gasteiger partial charge on any atom is -0.396 e. The Kier molecular flexibility index (Phi) is 5.07. The molecule has 0 aliphatic carbocycles. The van der Waals surface area contributed by atoms with Crippen molar-refractivity contribution in [1.29, 1.82) is 0 Å². The monoisotopic (exact) mass is 361 g/mol. The zero-order valence-electron chi connectivity index (χ0n) is 14.8. The Morgan fingerprint density at radius 3 is 2.85 bits per heavy atom. The van der Waals surface area contributed by atoms with Gasteiger partial charge in [-0.2, -0.15) is 0 Å². The number of aromatic nitrogens is 1. The highest BCUT2D eigenvalue weighted by atomic mass is 19.1. The van der Waals surface area contributed by atoms with Crippen molar-refractivity contribution in [2.45, 2.75) is 37.9 Å². The minimum absolute atomic E-state index is 0.174. The molecule has 0 spiro atoms. The summed E-state index contributed by atoms with van der Waals surface area (Å²) >= 11 is 0. The Bertz CT molecular complexity index is 763. The van der Waals surface area contributed by atoms with Gasteiger partial charge in [0.15, 0.2) is 0 Å². The fraction of sp³-hybridized carbons (Fsp3) is 0.500. The van der Waals surface area contributed by atoms with Crippen LogP contribution in [-0.2, 0) is 6.54 Å². The van der Waals surface area contributed by atoms with Crippen molar-refractivity contribution in [3.8, 4) is 5.69 Å². The molecule has 2 fully saturated rings. The molecule has 6 heteroatoms. The first-order valence-corrected chi connectivity index (χ1v) is 9.36. The van der Waals surface area contributed by atoms with Crippen molar-refractivity contribution in [1.82, 2.24) is 14.4 Å². The zero-order valence-corrected chi connectivity index (χ0v) is 14.8. The summed E-state index contributed by atoms with van der Waals surface area (Å²) in [5.74, 6) is -1.13. The highest BCUT2D eigenvalue weighted by Crippen LogP contribution is 2.28. The molecular weight excluding hydrogens is 336 g/mol. The van der Waals surface area contributed by atoms with Crippen LogP contribution in [0.5, 0.6) is 0 Å². The summed E-state index contributed by atoms with van der Waals surface area (Å²) in [4.78, 5) is 4.95. The van der Waals surface area contributed by atoms with Gasteiger partial charge < -0.3 is 9.67 Å². The van der Waals surface area contributed by atoms with Gasteiger partial charge in [-0.1, -0.05) is 0 Å². The second-order valence-electron chi connectivity index (χ2n) is 7.35. The SMILES string of the molecule is OCC[C@H]1CN2CCCC2CN1Cc1cccn1-c1ccc(F)cc1F. The smallest absolute Gasteiger partial charge is 0.150 e. The van der Waals surface area contributed by atoms with E-state index >= 15 is 0 Å². The Morgan fingerprint density at radius 2 is 2.04 bits per heavy atom. The number of aliphatic hydroxyl groups is 1. The van der Waals surface area contributed by atoms with Gasteiger partial charge in [0, 0.05) is 56.3 Å². The molecule has 1 unspecified atom stereocenters. The van der Waals surface area contributed by atoms with E-state index in [4.69, 9.17) is 0 Å². The molecule has 2 atom stereocenters. The molecule has 0 saturated carbocycles. The van der Waals surface area contributed by atoms with Crippen LogP contribution >= 0.6 is 0 Å². The summed E-state index contributed by atoms with van der Waals surface area (Å²) in [6.45, 7) is 3.97. The van der Waals surface area contributed by atoms with Crippen molar-refractivity contribution < 1.29 is 13.9 Å². The van der Waals surface area contributed by atoms with Crippen LogP contribution < -0.4 is 0 Å². The maximum atomic E-state index is 14.2. The van der Waals surface area contributed by atoms with Crippen molar-refractivity contribution >= 4 is 0 Å². The molecule has 140 valence electrons. The Morgan fingerprint density at radius 1 is 1.15 bits per heavy atom. The van der Waals surface area contributed by atoms with Gasteiger partial charge >= 0.3 is 0 Å². The number of aliphatic hydroxyl groups excluding tert-OH is 1. The van der Waals surface area contributed by atoms with Crippen LogP contribution in [-0.4, -0.2) is 57.8 Å². The molecule has 0 bridgehead atoms. The topological polar surface area (TPSA) is 31.6 Å². The summed E-state index contributed by atoms with van der Waals surface area (Å²) < 4.78 is 29.3. The average Bonchev–Trinajstić information content (AvgIpc) is 3.24. The van der Waals surface area contributed by atoms with Crippen molar-refractivity contribution in [3.05, 3.63) is 53.9 Å². The molecule has 1 aromatic carbocycles. The molecule has 2 aromatic rings. The normalized spacial score (nSPS) is 24.1. The lowest BCUT2D eigenvalue weighted by atomic mass is 10.0. The van der Waals surface area contributed by atoms with Gasteiger partial charge in [0.1, 0.15) is 11.6 Å². The summed E-state index contributed by atoms with van der Waals surface area (Å²) in [6, 6.07) is 8.45. The van der Waals surface area contributed by atoms with E-state index in [2.05, 4.69) is 9.80 Å². The Labute approximate surface area is 152 Å². The average molecular weight is 361 g/mol. The number of piperazine rings is 1. The van der Waals surface area contributed by atoms with Crippen LogP contribution in [0, 0.1) is 11.6 Å². The number of hydrogen-bond donors (Lipinski definition) is 1. The maximum absolute atomic E-state index is 14.2. The van der Waals surface area contributed by atoms with Gasteiger partial charge in [-0.15, -0.1) is 0 Å². The summed E-state index contributed by atoms with van der Waals surface area (Å²) in [5, 5.41) is 9.46. The first-order valence-electron chi connectivity index (χ1n) is 9.36. The van der Waals surface area contributed by atoms with Gasteiger partial charge in [0.25, 0.3) is 0 Å². The van der Waals surface area contributed by atoms with Gasteiger partial charge in [0.2, 0.25) is 0 Å². The second kappa shape index (κ2) is 7.47. The summed E-state index contributed by atoms with van der Waals surface area (Å²) in [5.41, 5.74) is 1.34. The molecule has 4 nitrogen and oxygen atoms in total. The molecule has 3 heterocycles. The third-order valence-corrected chi connectivity index (χ3v) is 5.74. The van der Waals surface area contributed by atoms with Crippen LogP contribution in [0.15, 0.2) is 36.5 Å². The molecule has 2 aliphatic heterocycles. The molecule has 0 radical (unpaired) electrons. The Balaban J connectivity index is 1.57. The number of nitrogens with zero attached hydrogens (tertiary/aromatic N) is 3. The van der Waals surface area contributed by atoms with E-state index in [9.17, 15) is 13.9 Å². The largest absolute Gasteiger partial charge is 0.396 e. The van der Waals surface area contributed by atoms with E-state index in [-0.39, 0.29) is 6.61 Å². The first-order chi connectivity index (χ1) is 12.7. The fourth-order valence-electron chi connectivity index (χ4n) is 4.43. The predicted molar refractivity (Wildman–Crippen MR) is 96.2 cm³/mol.